The van der Waals surface area contributed by atoms with Crippen molar-refractivity contribution in [1.29, 1.82) is 0 Å². The molecule has 8 heteroatoms. The van der Waals surface area contributed by atoms with Crippen molar-refractivity contribution in [2.45, 2.75) is 120 Å². The van der Waals surface area contributed by atoms with Crippen LogP contribution in [0.5, 0.6) is 0 Å². The fourth-order valence-corrected chi connectivity index (χ4v) is 10.3. The molecule has 0 amide bonds. The lowest BCUT2D eigenvalue weighted by molar-refractivity contribution is -0.274. The summed E-state index contributed by atoms with van der Waals surface area (Å²) >= 11 is 0. The summed E-state index contributed by atoms with van der Waals surface area (Å²) in [4.78, 5) is 25.3. The van der Waals surface area contributed by atoms with Gasteiger partial charge >= 0.3 is 17.9 Å². The van der Waals surface area contributed by atoms with E-state index in [0.29, 0.717) is 43.9 Å². The van der Waals surface area contributed by atoms with E-state index in [2.05, 4.69) is 0 Å². The number of alkyl halides is 2. The summed E-state index contributed by atoms with van der Waals surface area (Å²) < 4.78 is 45.8. The number of rotatable bonds is 7. The second kappa shape index (κ2) is 7.87. The van der Waals surface area contributed by atoms with Gasteiger partial charge in [-0.1, -0.05) is 13.8 Å². The molecule has 4 atom stereocenters. The van der Waals surface area contributed by atoms with Crippen molar-refractivity contribution in [1.82, 2.24) is 0 Å². The second-order valence-electron chi connectivity index (χ2n) is 13.9. The Morgan fingerprint density at radius 1 is 0.889 bits per heavy atom. The molecule has 8 fully saturated rings. The number of carbonyl (C=O) groups excluding carboxylic acids is 2. The maximum atomic E-state index is 13.8. The average Bonchev–Trinajstić information content (AvgIpc) is 2.71. The Balaban J connectivity index is 1.14. The molecule has 8 aliphatic carbocycles. The highest BCUT2D eigenvalue weighted by atomic mass is 19.3. The van der Waals surface area contributed by atoms with Gasteiger partial charge in [-0.05, 0) is 87.9 Å². The van der Waals surface area contributed by atoms with Crippen molar-refractivity contribution in [3.63, 3.8) is 0 Å². The molecule has 0 spiro atoms. The molecular formula is C28H40F2O6. The fraction of sp³-hybridized carbons (Fsp3) is 0.929. The highest BCUT2D eigenvalue weighted by molar-refractivity contribution is 5.77. The molecule has 202 valence electrons. The Labute approximate surface area is 211 Å². The Hall–Kier alpha value is -1.28. The maximum absolute atomic E-state index is 13.8. The van der Waals surface area contributed by atoms with Gasteiger partial charge in [-0.15, -0.1) is 0 Å². The summed E-state index contributed by atoms with van der Waals surface area (Å²) in [7, 11) is 0. The summed E-state index contributed by atoms with van der Waals surface area (Å²) in [5.41, 5.74) is -2.69. The van der Waals surface area contributed by atoms with Crippen LogP contribution in [0.15, 0.2) is 0 Å². The number of esters is 2. The van der Waals surface area contributed by atoms with Gasteiger partial charge in [-0.2, -0.15) is 8.78 Å². The molecule has 36 heavy (non-hydrogen) atoms. The third-order valence-corrected chi connectivity index (χ3v) is 10.7. The van der Waals surface area contributed by atoms with Crippen LogP contribution in [0.2, 0.25) is 0 Å². The van der Waals surface area contributed by atoms with Gasteiger partial charge in [0.25, 0.3) is 0 Å². The minimum absolute atomic E-state index is 0.0662. The lowest BCUT2D eigenvalue weighted by Gasteiger charge is -2.65. The highest BCUT2D eigenvalue weighted by Crippen LogP contribution is 2.64. The molecular weight excluding hydrogens is 470 g/mol. The SMILES string of the molecule is CC(C)C1(OC(=O)C(C)(F)F)C2CC3CC1CC(OCC(=O)OC14CC5CC(CC(O)(C5)C1)C4)(C3)C2. The average molecular weight is 511 g/mol. The smallest absolute Gasteiger partial charge is 0.377 e. The van der Waals surface area contributed by atoms with E-state index in [4.69, 9.17) is 14.2 Å². The van der Waals surface area contributed by atoms with Crippen molar-refractivity contribution in [3.8, 4) is 0 Å². The largest absolute Gasteiger partial charge is 0.457 e. The maximum Gasteiger partial charge on any atom is 0.377 e. The standard InChI is InChI=1S/C28H40F2O6/c1-16(2)28(36-23(32)24(3,29)30)20-5-17-6-21(28)13-26(9-17,12-20)34-14-22(31)35-27-10-18-4-19(11-27)8-25(33,7-18)15-27/h16-21,33H,4-15H2,1-3H3. The van der Waals surface area contributed by atoms with Gasteiger partial charge < -0.3 is 19.3 Å². The van der Waals surface area contributed by atoms with Crippen LogP contribution in [-0.2, 0) is 23.8 Å². The Morgan fingerprint density at radius 3 is 2.00 bits per heavy atom. The van der Waals surface area contributed by atoms with Gasteiger partial charge in [-0.3, -0.25) is 0 Å². The summed E-state index contributed by atoms with van der Waals surface area (Å²) in [5.74, 6) is -4.34. The van der Waals surface area contributed by atoms with Crippen LogP contribution in [0.4, 0.5) is 8.78 Å². The van der Waals surface area contributed by atoms with Crippen LogP contribution in [0, 0.1) is 35.5 Å². The first-order valence-corrected chi connectivity index (χ1v) is 13.9. The van der Waals surface area contributed by atoms with E-state index in [9.17, 15) is 23.5 Å². The first-order valence-electron chi connectivity index (χ1n) is 13.9. The van der Waals surface area contributed by atoms with E-state index in [0.717, 1.165) is 51.4 Å². The fourth-order valence-electron chi connectivity index (χ4n) is 10.3. The Kier molecular flexibility index (Phi) is 5.47. The number of halogens is 2. The zero-order chi connectivity index (χ0) is 25.7. The van der Waals surface area contributed by atoms with E-state index >= 15 is 0 Å². The van der Waals surface area contributed by atoms with Gasteiger partial charge in [0.05, 0.1) is 11.2 Å². The molecule has 0 aromatic rings. The zero-order valence-electron chi connectivity index (χ0n) is 21.7. The predicted molar refractivity (Wildman–Crippen MR) is 125 cm³/mol. The molecule has 0 saturated heterocycles. The predicted octanol–water partition coefficient (Wildman–Crippen LogP) is 4.80. The number of hydrogen-bond donors (Lipinski definition) is 1. The molecule has 1 N–H and O–H groups in total. The van der Waals surface area contributed by atoms with Gasteiger partial charge in [0.1, 0.15) is 17.8 Å². The molecule has 8 aliphatic rings. The van der Waals surface area contributed by atoms with Gasteiger partial charge in [0, 0.05) is 25.2 Å². The minimum atomic E-state index is -3.53. The Bertz CT molecular complexity index is 911. The van der Waals surface area contributed by atoms with Gasteiger partial charge in [0.2, 0.25) is 0 Å². The monoisotopic (exact) mass is 510 g/mol. The molecule has 4 unspecified atom stereocenters. The van der Waals surface area contributed by atoms with Crippen LogP contribution in [0.25, 0.3) is 0 Å². The third kappa shape index (κ3) is 3.91. The normalized spacial score (nSPS) is 48.5. The molecule has 8 rings (SSSR count). The molecule has 8 bridgehead atoms. The van der Waals surface area contributed by atoms with E-state index in [1.54, 1.807) is 0 Å². The van der Waals surface area contributed by atoms with Crippen LogP contribution >= 0.6 is 0 Å². The minimum Gasteiger partial charge on any atom is -0.457 e. The number of carbonyl (C=O) groups is 2. The highest BCUT2D eigenvalue weighted by Gasteiger charge is 2.66. The van der Waals surface area contributed by atoms with E-state index < -0.39 is 34.3 Å². The molecule has 0 aromatic heterocycles. The third-order valence-electron chi connectivity index (χ3n) is 10.7. The summed E-state index contributed by atoms with van der Waals surface area (Å²) in [6, 6.07) is 0. The zero-order valence-corrected chi connectivity index (χ0v) is 21.7. The summed E-state index contributed by atoms with van der Waals surface area (Å²) in [6.07, 6.45) is 8.66. The molecule has 8 saturated carbocycles. The van der Waals surface area contributed by atoms with Crippen molar-refractivity contribution >= 4 is 11.9 Å². The van der Waals surface area contributed by atoms with Gasteiger partial charge in [0.15, 0.2) is 0 Å². The number of ether oxygens (including phenoxy) is 3. The van der Waals surface area contributed by atoms with Crippen molar-refractivity contribution in [2.24, 2.45) is 35.5 Å². The molecule has 6 nitrogen and oxygen atoms in total. The molecule has 0 radical (unpaired) electrons. The number of aliphatic hydroxyl groups is 1. The molecule has 0 aromatic carbocycles. The van der Waals surface area contributed by atoms with Crippen molar-refractivity contribution in [3.05, 3.63) is 0 Å². The second-order valence-corrected chi connectivity index (χ2v) is 13.9. The summed E-state index contributed by atoms with van der Waals surface area (Å²) in [5, 5.41) is 11.0. The molecule has 0 heterocycles. The van der Waals surface area contributed by atoms with E-state index in [1.807, 2.05) is 13.8 Å². The van der Waals surface area contributed by atoms with Crippen molar-refractivity contribution < 1.29 is 37.7 Å². The van der Waals surface area contributed by atoms with E-state index in [1.165, 1.54) is 0 Å². The first kappa shape index (κ1) is 25.0. The lowest BCUT2D eigenvalue weighted by atomic mass is 9.46. The number of hydrogen-bond acceptors (Lipinski definition) is 6. The van der Waals surface area contributed by atoms with Crippen LogP contribution in [-0.4, -0.2) is 52.0 Å². The topological polar surface area (TPSA) is 82.1 Å². The van der Waals surface area contributed by atoms with Gasteiger partial charge in [-0.25, -0.2) is 9.59 Å². The lowest BCUT2D eigenvalue weighted by Crippen LogP contribution is -2.68. The first-order chi connectivity index (χ1) is 16.7. The summed E-state index contributed by atoms with van der Waals surface area (Å²) in [6.45, 7) is 4.36. The van der Waals surface area contributed by atoms with Crippen LogP contribution in [0.3, 0.4) is 0 Å². The van der Waals surface area contributed by atoms with Crippen LogP contribution < -0.4 is 0 Å². The van der Waals surface area contributed by atoms with Crippen LogP contribution in [0.1, 0.15) is 91.4 Å². The quantitative estimate of drug-likeness (QED) is 0.496. The Morgan fingerprint density at radius 2 is 1.47 bits per heavy atom. The van der Waals surface area contributed by atoms with Crippen molar-refractivity contribution in [2.75, 3.05) is 6.61 Å². The molecule has 0 aliphatic heterocycles. The van der Waals surface area contributed by atoms with E-state index in [-0.39, 0.29) is 30.3 Å².